The van der Waals surface area contributed by atoms with Gasteiger partial charge in [-0.3, -0.25) is 0 Å². The van der Waals surface area contributed by atoms with Crippen LogP contribution in [0.4, 0.5) is 0 Å². The van der Waals surface area contributed by atoms with Crippen molar-refractivity contribution >= 4 is 5.97 Å². The van der Waals surface area contributed by atoms with Gasteiger partial charge in [0.25, 0.3) is 0 Å². The van der Waals surface area contributed by atoms with E-state index in [1.165, 1.54) is 0 Å². The zero-order valence-corrected chi connectivity index (χ0v) is 14.5. The molecule has 0 spiro atoms. The number of hydrogen-bond acceptors (Lipinski definition) is 4. The Labute approximate surface area is 159 Å². The summed E-state index contributed by atoms with van der Waals surface area (Å²) in [6, 6.07) is 9.24. The van der Waals surface area contributed by atoms with Gasteiger partial charge in [0.2, 0.25) is 5.88 Å². The van der Waals surface area contributed by atoms with Crippen molar-refractivity contribution in [2.24, 2.45) is 0 Å². The van der Waals surface area contributed by atoms with Crippen LogP contribution >= 0.6 is 0 Å². The molecule has 1 unspecified atom stereocenters. The Morgan fingerprint density at radius 2 is 2.15 bits per heavy atom. The number of aliphatic carboxylic acids is 1. The van der Waals surface area contributed by atoms with Crippen LogP contribution in [0.1, 0.15) is 29.5 Å². The molecule has 1 aromatic heterocycles. The molecule has 1 atom stereocenters. The Kier molecular flexibility index (Phi) is 4.98. The average molecular weight is 293 g/mol. The van der Waals surface area contributed by atoms with Crippen molar-refractivity contribution < 1.29 is 66.0 Å². The van der Waals surface area contributed by atoms with Crippen LogP contribution in [0.5, 0.6) is 11.6 Å². The first kappa shape index (κ1) is 15.7. The first-order valence-corrected chi connectivity index (χ1v) is 6.10. The zero-order chi connectivity index (χ0) is 13.4. The van der Waals surface area contributed by atoms with E-state index in [4.69, 9.17) is 4.74 Å². The monoisotopic (exact) mass is 293 g/mol. The number of fused-ring (bicyclic) bond motifs is 2. The minimum Gasteiger partial charge on any atom is -0.550 e. The first-order chi connectivity index (χ1) is 9.15. The van der Waals surface area contributed by atoms with Crippen LogP contribution in [0, 0.1) is 0 Å². The molecule has 0 aliphatic carbocycles. The molecule has 0 bridgehead atoms. The number of benzene rings is 1. The smallest absolute Gasteiger partial charge is 0.550 e. The van der Waals surface area contributed by atoms with Crippen LogP contribution in [0.25, 0.3) is 0 Å². The Morgan fingerprint density at radius 1 is 1.35 bits per heavy atom. The molecule has 0 N–H and O–H groups in total. The summed E-state index contributed by atoms with van der Waals surface area (Å²) in [5.41, 5.74) is 2.72. The van der Waals surface area contributed by atoms with Crippen molar-refractivity contribution in [3.05, 3.63) is 53.2 Å². The maximum absolute atomic E-state index is 10.9. The van der Waals surface area contributed by atoms with Gasteiger partial charge in [-0.25, -0.2) is 4.98 Å². The van der Waals surface area contributed by atoms with Gasteiger partial charge >= 0.3 is 51.4 Å². The predicted molar refractivity (Wildman–Crippen MR) is 67.0 cm³/mol. The first-order valence-electron chi connectivity index (χ1n) is 6.10. The number of rotatable bonds is 2. The number of carboxylic acid groups (broad SMARTS) is 1. The molecule has 96 valence electrons. The molecule has 1 aliphatic rings. The number of carbonyl (C=O) groups excluding carboxylic acids is 1. The second-order valence-electron chi connectivity index (χ2n) is 4.65. The second-order valence-corrected chi connectivity index (χ2v) is 4.65. The molecule has 5 heteroatoms. The molecule has 1 aliphatic heterocycles. The van der Waals surface area contributed by atoms with Crippen LogP contribution in [0.2, 0.25) is 0 Å². The van der Waals surface area contributed by atoms with Gasteiger partial charge in [-0.15, -0.1) is 0 Å². The summed E-state index contributed by atoms with van der Waals surface area (Å²) in [7, 11) is 0. The van der Waals surface area contributed by atoms with E-state index in [1.54, 1.807) is 25.3 Å². The SMILES string of the molecule is CC(C(=O)[O-])c1ccc2c(c1)Cc1cccnc1O2.[K+]. The maximum atomic E-state index is 10.9. The standard InChI is InChI=1S/C15H13NO3.K/c1-9(15(17)18)10-4-5-13-12(7-10)8-11-3-2-6-16-14(11)19-13;/h2-7,9H,8H2,1H3,(H,17,18);/q;+1/p-1. The van der Waals surface area contributed by atoms with Crippen LogP contribution in [-0.2, 0) is 11.2 Å². The predicted octanol–water partition coefficient (Wildman–Crippen LogP) is -1.36. The number of ether oxygens (including phenoxy) is 1. The Hall–Kier alpha value is -0.724. The third-order valence-electron chi connectivity index (χ3n) is 3.38. The van der Waals surface area contributed by atoms with Gasteiger partial charge in [0, 0.05) is 30.1 Å². The summed E-state index contributed by atoms with van der Waals surface area (Å²) in [5, 5.41) is 10.9. The van der Waals surface area contributed by atoms with Crippen molar-refractivity contribution in [3.63, 3.8) is 0 Å². The minimum absolute atomic E-state index is 0. The van der Waals surface area contributed by atoms with E-state index in [0.29, 0.717) is 12.3 Å². The molecule has 20 heavy (non-hydrogen) atoms. The summed E-state index contributed by atoms with van der Waals surface area (Å²) in [5.74, 6) is -0.337. The molecular weight excluding hydrogens is 281 g/mol. The van der Waals surface area contributed by atoms with Crippen molar-refractivity contribution in [1.82, 2.24) is 4.98 Å². The average Bonchev–Trinajstić information content (AvgIpc) is 2.43. The number of aromatic nitrogens is 1. The molecule has 0 fully saturated rings. The molecule has 4 nitrogen and oxygen atoms in total. The molecule has 3 rings (SSSR count). The Morgan fingerprint density at radius 3 is 2.90 bits per heavy atom. The van der Waals surface area contributed by atoms with Crippen LogP contribution in [0.15, 0.2) is 36.5 Å². The number of carboxylic acids is 1. The largest absolute Gasteiger partial charge is 1.00 e. The van der Waals surface area contributed by atoms with Crippen molar-refractivity contribution in [2.45, 2.75) is 19.3 Å². The van der Waals surface area contributed by atoms with Gasteiger partial charge in [0.15, 0.2) is 0 Å². The third-order valence-corrected chi connectivity index (χ3v) is 3.38. The Bertz CT molecular complexity index is 657. The molecule has 0 saturated carbocycles. The zero-order valence-electron chi connectivity index (χ0n) is 11.4. The number of hydrogen-bond donors (Lipinski definition) is 0. The minimum atomic E-state index is -1.07. The summed E-state index contributed by atoms with van der Waals surface area (Å²) in [6.07, 6.45) is 2.39. The van der Waals surface area contributed by atoms with E-state index in [1.807, 2.05) is 18.2 Å². The Balaban J connectivity index is 0.00000147. The summed E-state index contributed by atoms with van der Waals surface area (Å²) in [6.45, 7) is 1.62. The van der Waals surface area contributed by atoms with Crippen molar-refractivity contribution in [2.75, 3.05) is 0 Å². The van der Waals surface area contributed by atoms with E-state index in [2.05, 4.69) is 4.98 Å². The fourth-order valence-corrected chi connectivity index (χ4v) is 2.20. The molecule has 0 saturated heterocycles. The maximum Gasteiger partial charge on any atom is 1.00 e. The van der Waals surface area contributed by atoms with E-state index >= 15 is 0 Å². The molecular formula is C15H12KNO3. The molecule has 0 amide bonds. The molecule has 2 heterocycles. The molecule has 2 aromatic rings. The number of carbonyl (C=O) groups is 1. The third kappa shape index (κ3) is 2.97. The molecule has 0 radical (unpaired) electrons. The quantitative estimate of drug-likeness (QED) is 0.547. The van der Waals surface area contributed by atoms with Gasteiger partial charge in [-0.1, -0.05) is 25.1 Å². The van der Waals surface area contributed by atoms with E-state index in [-0.39, 0.29) is 51.4 Å². The second kappa shape index (κ2) is 6.36. The van der Waals surface area contributed by atoms with Gasteiger partial charge in [-0.05, 0) is 23.3 Å². The summed E-state index contributed by atoms with van der Waals surface area (Å²) >= 11 is 0. The number of pyridine rings is 1. The molecule has 1 aromatic carbocycles. The van der Waals surface area contributed by atoms with Crippen LogP contribution < -0.4 is 61.2 Å². The van der Waals surface area contributed by atoms with Crippen molar-refractivity contribution in [1.29, 1.82) is 0 Å². The van der Waals surface area contributed by atoms with Crippen LogP contribution in [0.3, 0.4) is 0 Å². The fourth-order valence-electron chi connectivity index (χ4n) is 2.20. The van der Waals surface area contributed by atoms with Gasteiger partial charge in [0.1, 0.15) is 5.75 Å². The summed E-state index contributed by atoms with van der Waals surface area (Å²) < 4.78 is 5.70. The van der Waals surface area contributed by atoms with Crippen LogP contribution in [-0.4, -0.2) is 11.0 Å². The van der Waals surface area contributed by atoms with Crippen molar-refractivity contribution in [3.8, 4) is 11.6 Å². The van der Waals surface area contributed by atoms with Gasteiger partial charge < -0.3 is 14.6 Å². The summed E-state index contributed by atoms with van der Waals surface area (Å²) in [4.78, 5) is 15.1. The fraction of sp³-hybridized carbons (Fsp3) is 0.200. The topological polar surface area (TPSA) is 62.2 Å². The van der Waals surface area contributed by atoms with E-state index in [9.17, 15) is 9.90 Å². The van der Waals surface area contributed by atoms with Gasteiger partial charge in [0.05, 0.1) is 0 Å². The van der Waals surface area contributed by atoms with Gasteiger partial charge in [-0.2, -0.15) is 0 Å². The van der Waals surface area contributed by atoms with E-state index < -0.39 is 11.9 Å². The normalized spacial score (nSPS) is 13.2. The number of nitrogens with zero attached hydrogens (tertiary/aromatic N) is 1. The van der Waals surface area contributed by atoms with E-state index in [0.717, 1.165) is 22.4 Å².